The number of oxime groups is 1. The van der Waals surface area contributed by atoms with Gasteiger partial charge in [-0.1, -0.05) is 35.5 Å². The first-order chi connectivity index (χ1) is 13.1. The third-order valence-corrected chi connectivity index (χ3v) is 5.42. The minimum atomic E-state index is -3.22. The highest BCUT2D eigenvalue weighted by molar-refractivity contribution is 8.07. The Kier molecular flexibility index (Phi) is 6.28. The lowest BCUT2D eigenvalue weighted by Gasteiger charge is -2.18. The molecule has 3 rings (SSSR count). The minimum Gasteiger partial charge on any atom is -0.415 e. The SMILES string of the molecule is COP(=S)(O/N=C(\Cn1cncn1)c1ccccc1)Oc1ccc(F)cc1. The van der Waals surface area contributed by atoms with Crippen molar-refractivity contribution >= 4 is 24.2 Å². The molecule has 140 valence electrons. The highest BCUT2D eigenvalue weighted by Gasteiger charge is 2.23. The molecule has 0 N–H and O–H groups in total. The predicted octanol–water partition coefficient (Wildman–Crippen LogP) is 3.79. The van der Waals surface area contributed by atoms with E-state index in [2.05, 4.69) is 15.2 Å². The quantitative estimate of drug-likeness (QED) is 0.322. The van der Waals surface area contributed by atoms with Crippen LogP contribution in [-0.4, -0.2) is 27.6 Å². The molecule has 7 nitrogen and oxygen atoms in total. The molecule has 0 fully saturated rings. The van der Waals surface area contributed by atoms with Crippen LogP contribution in [0.3, 0.4) is 0 Å². The maximum absolute atomic E-state index is 13.1. The van der Waals surface area contributed by atoms with Gasteiger partial charge in [0.1, 0.15) is 29.9 Å². The van der Waals surface area contributed by atoms with Gasteiger partial charge in [-0.3, -0.25) is 4.52 Å². The Morgan fingerprint density at radius 3 is 2.56 bits per heavy atom. The van der Waals surface area contributed by atoms with E-state index in [1.807, 2.05) is 30.3 Å². The molecule has 0 bridgehead atoms. The first-order valence-corrected chi connectivity index (χ1v) is 10.4. The average molecular weight is 406 g/mol. The van der Waals surface area contributed by atoms with Gasteiger partial charge in [0.05, 0.1) is 6.54 Å². The molecular formula is C17H16FN4O3PS. The average Bonchev–Trinajstić information content (AvgIpc) is 3.21. The van der Waals surface area contributed by atoms with Crippen LogP contribution in [0.5, 0.6) is 5.75 Å². The molecule has 0 saturated heterocycles. The second-order valence-electron chi connectivity index (χ2n) is 5.25. The van der Waals surface area contributed by atoms with Crippen molar-refractivity contribution in [2.24, 2.45) is 5.16 Å². The molecular weight excluding hydrogens is 390 g/mol. The van der Waals surface area contributed by atoms with E-state index < -0.39 is 6.72 Å². The number of nitrogens with zero attached hydrogens (tertiary/aromatic N) is 4. The maximum atomic E-state index is 13.1. The lowest BCUT2D eigenvalue weighted by molar-refractivity contribution is 0.240. The summed E-state index contributed by atoms with van der Waals surface area (Å²) in [6.45, 7) is -2.90. The summed E-state index contributed by atoms with van der Waals surface area (Å²) in [5.74, 6) is -0.0551. The van der Waals surface area contributed by atoms with Crippen molar-refractivity contribution in [1.82, 2.24) is 14.8 Å². The van der Waals surface area contributed by atoms with Crippen molar-refractivity contribution in [3.05, 3.63) is 78.6 Å². The zero-order valence-electron chi connectivity index (χ0n) is 14.3. The van der Waals surface area contributed by atoms with Gasteiger partial charge in [0, 0.05) is 24.5 Å². The second kappa shape index (κ2) is 8.85. The van der Waals surface area contributed by atoms with E-state index in [0.717, 1.165) is 5.56 Å². The molecule has 2 aromatic carbocycles. The summed E-state index contributed by atoms with van der Waals surface area (Å²) in [5.41, 5.74) is 1.39. The van der Waals surface area contributed by atoms with Gasteiger partial charge >= 0.3 is 6.72 Å². The molecule has 1 aromatic heterocycles. The van der Waals surface area contributed by atoms with Crippen LogP contribution < -0.4 is 4.52 Å². The summed E-state index contributed by atoms with van der Waals surface area (Å²) in [4.78, 5) is 3.92. The third-order valence-electron chi connectivity index (χ3n) is 3.39. The Labute approximate surface area is 160 Å². The fraction of sp³-hybridized carbons (Fsp3) is 0.118. The Bertz CT molecular complexity index is 937. The van der Waals surface area contributed by atoms with Gasteiger partial charge < -0.3 is 9.15 Å². The topological polar surface area (TPSA) is 70.8 Å². The Balaban J connectivity index is 1.82. The van der Waals surface area contributed by atoms with Crippen molar-refractivity contribution in [3.8, 4) is 5.75 Å². The standard InChI is InChI=1S/C17H16FN4O3PS/c1-23-26(27,24-16-9-7-15(18)8-10-16)25-21-17(11-22-13-19-12-20-22)14-5-3-2-4-6-14/h2-10,12-13H,11H2,1H3/b21-17+. The van der Waals surface area contributed by atoms with Crippen LogP contribution in [0.25, 0.3) is 0 Å². The number of hydrogen-bond donors (Lipinski definition) is 0. The zero-order chi connectivity index (χ0) is 19.1. The summed E-state index contributed by atoms with van der Waals surface area (Å²) in [7, 11) is 1.37. The van der Waals surface area contributed by atoms with Crippen LogP contribution in [-0.2, 0) is 27.5 Å². The van der Waals surface area contributed by atoms with E-state index in [-0.39, 0.29) is 5.82 Å². The van der Waals surface area contributed by atoms with Gasteiger partial charge in [0.2, 0.25) is 0 Å². The summed E-state index contributed by atoms with van der Waals surface area (Å²) >= 11 is 5.34. The minimum absolute atomic E-state index is 0.319. The van der Waals surface area contributed by atoms with E-state index >= 15 is 0 Å². The molecule has 0 amide bonds. The van der Waals surface area contributed by atoms with Gasteiger partial charge in [-0.05, 0) is 24.3 Å². The van der Waals surface area contributed by atoms with Crippen molar-refractivity contribution in [2.75, 3.05) is 7.11 Å². The van der Waals surface area contributed by atoms with Crippen molar-refractivity contribution in [2.45, 2.75) is 6.54 Å². The Morgan fingerprint density at radius 2 is 1.93 bits per heavy atom. The molecule has 0 spiro atoms. The van der Waals surface area contributed by atoms with Crippen LogP contribution in [0.4, 0.5) is 4.39 Å². The maximum Gasteiger partial charge on any atom is 0.455 e. The fourth-order valence-corrected chi connectivity index (χ4v) is 3.19. The van der Waals surface area contributed by atoms with E-state index in [4.69, 9.17) is 25.5 Å². The molecule has 0 aliphatic rings. The lowest BCUT2D eigenvalue weighted by atomic mass is 10.1. The van der Waals surface area contributed by atoms with Crippen molar-refractivity contribution in [3.63, 3.8) is 0 Å². The molecule has 1 unspecified atom stereocenters. The molecule has 1 heterocycles. The van der Waals surface area contributed by atoms with Crippen LogP contribution in [0.1, 0.15) is 5.56 Å². The second-order valence-corrected chi connectivity index (χ2v) is 8.20. The monoisotopic (exact) mass is 406 g/mol. The van der Waals surface area contributed by atoms with Crippen LogP contribution in [0.15, 0.2) is 72.4 Å². The van der Waals surface area contributed by atoms with Gasteiger partial charge in [-0.2, -0.15) is 5.10 Å². The normalized spacial score (nSPS) is 13.8. The van der Waals surface area contributed by atoms with E-state index in [1.54, 1.807) is 11.0 Å². The van der Waals surface area contributed by atoms with E-state index in [0.29, 0.717) is 18.0 Å². The molecule has 0 aliphatic heterocycles. The summed E-state index contributed by atoms with van der Waals surface area (Å²) in [6, 6.07) is 14.8. The highest BCUT2D eigenvalue weighted by Crippen LogP contribution is 2.49. The number of benzene rings is 2. The molecule has 3 aromatic rings. The summed E-state index contributed by atoms with van der Waals surface area (Å²) in [5, 5.41) is 8.25. The van der Waals surface area contributed by atoms with Crippen LogP contribution in [0.2, 0.25) is 0 Å². The third kappa shape index (κ3) is 5.43. The first-order valence-electron chi connectivity index (χ1n) is 7.82. The van der Waals surface area contributed by atoms with E-state index in [9.17, 15) is 4.39 Å². The van der Waals surface area contributed by atoms with Crippen molar-refractivity contribution < 1.29 is 18.1 Å². The molecule has 0 radical (unpaired) electrons. The van der Waals surface area contributed by atoms with Crippen molar-refractivity contribution in [1.29, 1.82) is 0 Å². The summed E-state index contributed by atoms with van der Waals surface area (Å²) < 4.78 is 31.0. The van der Waals surface area contributed by atoms with Crippen LogP contribution in [0, 0.1) is 5.82 Å². The summed E-state index contributed by atoms with van der Waals surface area (Å²) in [6.07, 6.45) is 3.00. The number of hydrogen-bond acceptors (Lipinski definition) is 7. The van der Waals surface area contributed by atoms with Crippen LogP contribution >= 0.6 is 6.72 Å². The fourth-order valence-electron chi connectivity index (χ4n) is 2.08. The number of aromatic nitrogens is 3. The smallest absolute Gasteiger partial charge is 0.415 e. The van der Waals surface area contributed by atoms with E-state index in [1.165, 1.54) is 37.7 Å². The Morgan fingerprint density at radius 1 is 1.19 bits per heavy atom. The number of rotatable bonds is 8. The molecule has 0 saturated carbocycles. The molecule has 0 aliphatic carbocycles. The highest BCUT2D eigenvalue weighted by atomic mass is 32.5. The molecule has 1 atom stereocenters. The van der Waals surface area contributed by atoms with Gasteiger partial charge in [0.15, 0.2) is 0 Å². The number of halogens is 1. The molecule has 10 heteroatoms. The Hall–Kier alpha value is -2.61. The first kappa shape index (κ1) is 19.2. The predicted molar refractivity (Wildman–Crippen MR) is 102 cm³/mol. The van der Waals surface area contributed by atoms with Gasteiger partial charge in [-0.25, -0.2) is 14.1 Å². The van der Waals surface area contributed by atoms with Gasteiger partial charge in [0.25, 0.3) is 0 Å². The lowest BCUT2D eigenvalue weighted by Crippen LogP contribution is -2.13. The molecule has 27 heavy (non-hydrogen) atoms. The largest absolute Gasteiger partial charge is 0.455 e. The van der Waals surface area contributed by atoms with Gasteiger partial charge in [-0.15, -0.1) is 0 Å². The zero-order valence-corrected chi connectivity index (χ0v) is 16.0.